The zero-order valence-electron chi connectivity index (χ0n) is 11.8. The molecule has 2 saturated heterocycles. The topological polar surface area (TPSA) is 39.1 Å². The van der Waals surface area contributed by atoms with Crippen LogP contribution in [0, 0.1) is 11.3 Å². The third kappa shape index (κ3) is 2.70. The molecule has 0 aliphatic carbocycles. The van der Waals surface area contributed by atoms with Crippen LogP contribution in [0.3, 0.4) is 0 Å². The highest BCUT2D eigenvalue weighted by molar-refractivity contribution is 9.10. The van der Waals surface area contributed by atoms with E-state index < -0.39 is 0 Å². The van der Waals surface area contributed by atoms with Crippen molar-refractivity contribution < 1.29 is 0 Å². The molecule has 4 heteroatoms. The lowest BCUT2D eigenvalue weighted by Gasteiger charge is -2.47. The minimum absolute atomic E-state index is 0.489. The Kier molecular flexibility index (Phi) is 4.00. The average Bonchev–Trinajstić information content (AvgIpc) is 2.40. The normalized spacial score (nSPS) is 29.8. The quantitative estimate of drug-likeness (QED) is 0.895. The van der Waals surface area contributed by atoms with Crippen LogP contribution in [0.1, 0.15) is 37.7 Å². The molecular weight excluding hydrogens is 314 g/mol. The maximum Gasteiger partial charge on any atom is 0.101 e. The molecular formula is C16H20BrN3. The summed E-state index contributed by atoms with van der Waals surface area (Å²) in [6.07, 6.45) is 6.37. The smallest absolute Gasteiger partial charge is 0.101 e. The Balaban J connectivity index is 1.76. The van der Waals surface area contributed by atoms with Crippen molar-refractivity contribution >= 4 is 21.6 Å². The van der Waals surface area contributed by atoms with E-state index >= 15 is 0 Å². The minimum Gasteiger partial charge on any atom is -0.381 e. The Bertz CT molecular complexity index is 523. The van der Waals surface area contributed by atoms with Crippen molar-refractivity contribution in [3.63, 3.8) is 0 Å². The van der Waals surface area contributed by atoms with Gasteiger partial charge in [0, 0.05) is 22.6 Å². The van der Waals surface area contributed by atoms with Crippen LogP contribution in [0.2, 0.25) is 0 Å². The number of nitrogens with one attached hydrogen (secondary N) is 1. The molecule has 2 bridgehead atoms. The Morgan fingerprint density at radius 2 is 2.00 bits per heavy atom. The van der Waals surface area contributed by atoms with Crippen LogP contribution in [0.4, 0.5) is 5.69 Å². The summed E-state index contributed by atoms with van der Waals surface area (Å²) in [6, 6.07) is 10.0. The van der Waals surface area contributed by atoms with Crippen molar-refractivity contribution in [2.24, 2.45) is 0 Å². The van der Waals surface area contributed by atoms with Crippen molar-refractivity contribution in [3.05, 3.63) is 28.2 Å². The first kappa shape index (κ1) is 13.9. The predicted octanol–water partition coefficient (Wildman–Crippen LogP) is 3.75. The maximum absolute atomic E-state index is 9.23. The van der Waals surface area contributed by atoms with Gasteiger partial charge in [-0.15, -0.1) is 0 Å². The largest absolute Gasteiger partial charge is 0.381 e. The van der Waals surface area contributed by atoms with Gasteiger partial charge in [0.15, 0.2) is 0 Å². The lowest BCUT2D eigenvalue weighted by Crippen LogP contribution is -2.52. The first-order valence-electron chi connectivity index (χ1n) is 7.35. The van der Waals surface area contributed by atoms with Gasteiger partial charge >= 0.3 is 0 Å². The average molecular weight is 334 g/mol. The molecule has 2 heterocycles. The Labute approximate surface area is 129 Å². The van der Waals surface area contributed by atoms with E-state index in [1.807, 2.05) is 18.2 Å². The van der Waals surface area contributed by atoms with Gasteiger partial charge in [-0.3, -0.25) is 0 Å². The Morgan fingerprint density at radius 1 is 1.30 bits per heavy atom. The van der Waals surface area contributed by atoms with Crippen LogP contribution in [-0.2, 0) is 0 Å². The molecule has 1 N–H and O–H groups in total. The van der Waals surface area contributed by atoms with Crippen LogP contribution in [0.15, 0.2) is 22.7 Å². The van der Waals surface area contributed by atoms with Crippen molar-refractivity contribution in [1.29, 1.82) is 5.26 Å². The zero-order valence-corrected chi connectivity index (χ0v) is 13.4. The SMILES string of the molecule is CN1C2CCCC1CC(Nc1cc(Br)ccc1C#N)C2. The molecule has 1 aromatic rings. The summed E-state index contributed by atoms with van der Waals surface area (Å²) in [5, 5.41) is 12.8. The van der Waals surface area contributed by atoms with Crippen molar-refractivity contribution in [1.82, 2.24) is 4.90 Å². The van der Waals surface area contributed by atoms with Gasteiger partial charge in [0.1, 0.15) is 6.07 Å². The first-order valence-corrected chi connectivity index (χ1v) is 8.15. The molecule has 20 heavy (non-hydrogen) atoms. The lowest BCUT2D eigenvalue weighted by atomic mass is 9.82. The van der Waals surface area contributed by atoms with Gasteiger partial charge < -0.3 is 10.2 Å². The minimum atomic E-state index is 0.489. The standard InChI is InChI=1S/C16H20BrN3/c1-20-14-3-2-4-15(20)9-13(8-14)19-16-7-12(17)6-5-11(16)10-18/h5-7,13-15,19H,2-4,8-9H2,1H3. The number of benzene rings is 1. The number of halogens is 1. The molecule has 0 spiro atoms. The highest BCUT2D eigenvalue weighted by Gasteiger charge is 2.35. The molecule has 0 amide bonds. The van der Waals surface area contributed by atoms with E-state index in [2.05, 4.69) is 39.3 Å². The fraction of sp³-hybridized carbons (Fsp3) is 0.562. The lowest BCUT2D eigenvalue weighted by molar-refractivity contribution is 0.0608. The van der Waals surface area contributed by atoms with Crippen LogP contribution in [0.25, 0.3) is 0 Å². The number of hydrogen-bond acceptors (Lipinski definition) is 3. The van der Waals surface area contributed by atoms with E-state index in [0.717, 1.165) is 15.7 Å². The molecule has 0 saturated carbocycles. The Morgan fingerprint density at radius 3 is 2.65 bits per heavy atom. The van der Waals surface area contributed by atoms with E-state index in [-0.39, 0.29) is 0 Å². The third-order valence-corrected chi connectivity index (χ3v) is 5.29. The molecule has 2 atom stereocenters. The summed E-state index contributed by atoms with van der Waals surface area (Å²) in [5.74, 6) is 0. The summed E-state index contributed by atoms with van der Waals surface area (Å²) in [5.41, 5.74) is 1.70. The van der Waals surface area contributed by atoms with Crippen molar-refractivity contribution in [2.75, 3.05) is 12.4 Å². The third-order valence-electron chi connectivity index (χ3n) is 4.80. The van der Waals surface area contributed by atoms with Gasteiger partial charge in [-0.2, -0.15) is 5.26 Å². The fourth-order valence-corrected chi connectivity index (χ4v) is 4.05. The second kappa shape index (κ2) is 5.75. The number of fused-ring (bicyclic) bond motifs is 2. The van der Waals surface area contributed by atoms with Gasteiger partial charge in [0.25, 0.3) is 0 Å². The summed E-state index contributed by atoms with van der Waals surface area (Å²) in [4.78, 5) is 2.56. The molecule has 1 aromatic carbocycles. The summed E-state index contributed by atoms with van der Waals surface area (Å²) >= 11 is 3.49. The number of nitriles is 1. The molecule has 2 unspecified atom stereocenters. The van der Waals surface area contributed by atoms with Crippen LogP contribution >= 0.6 is 15.9 Å². The van der Waals surface area contributed by atoms with Gasteiger partial charge in [-0.1, -0.05) is 22.4 Å². The van der Waals surface area contributed by atoms with Gasteiger partial charge in [-0.05, 0) is 50.9 Å². The van der Waals surface area contributed by atoms with Gasteiger partial charge in [0.2, 0.25) is 0 Å². The molecule has 2 aliphatic heterocycles. The molecule has 2 aliphatic rings. The number of piperidine rings is 2. The van der Waals surface area contributed by atoms with Crippen LogP contribution in [-0.4, -0.2) is 30.1 Å². The van der Waals surface area contributed by atoms with Crippen molar-refractivity contribution in [2.45, 2.75) is 50.2 Å². The fourth-order valence-electron chi connectivity index (χ4n) is 3.69. The van der Waals surface area contributed by atoms with Crippen molar-refractivity contribution in [3.8, 4) is 6.07 Å². The van der Waals surface area contributed by atoms with E-state index in [0.29, 0.717) is 18.1 Å². The monoisotopic (exact) mass is 333 g/mol. The van der Waals surface area contributed by atoms with Gasteiger partial charge in [-0.25, -0.2) is 0 Å². The highest BCUT2D eigenvalue weighted by Crippen LogP contribution is 2.34. The summed E-state index contributed by atoms with van der Waals surface area (Å²) in [7, 11) is 2.27. The van der Waals surface area contributed by atoms with E-state index in [1.165, 1.54) is 32.1 Å². The molecule has 3 nitrogen and oxygen atoms in total. The zero-order chi connectivity index (χ0) is 14.1. The van der Waals surface area contributed by atoms with Crippen LogP contribution < -0.4 is 5.32 Å². The first-order chi connectivity index (χ1) is 9.67. The molecule has 0 radical (unpaired) electrons. The highest BCUT2D eigenvalue weighted by atomic mass is 79.9. The van der Waals surface area contributed by atoms with E-state index in [9.17, 15) is 5.26 Å². The number of hydrogen-bond donors (Lipinski definition) is 1. The van der Waals surface area contributed by atoms with Crippen LogP contribution in [0.5, 0.6) is 0 Å². The molecule has 3 rings (SSSR count). The number of anilines is 1. The number of nitrogens with zero attached hydrogens (tertiary/aromatic N) is 2. The molecule has 106 valence electrons. The van der Waals surface area contributed by atoms with Gasteiger partial charge in [0.05, 0.1) is 11.3 Å². The molecule has 2 fully saturated rings. The number of rotatable bonds is 2. The van der Waals surface area contributed by atoms with E-state index in [4.69, 9.17) is 0 Å². The summed E-state index contributed by atoms with van der Waals surface area (Å²) in [6.45, 7) is 0. The second-order valence-corrected chi connectivity index (χ2v) is 6.93. The van der Waals surface area contributed by atoms with E-state index in [1.54, 1.807) is 0 Å². The maximum atomic E-state index is 9.23. The Hall–Kier alpha value is -1.05. The second-order valence-electron chi connectivity index (χ2n) is 6.02. The predicted molar refractivity (Wildman–Crippen MR) is 84.7 cm³/mol. The molecule has 0 aromatic heterocycles. The summed E-state index contributed by atoms with van der Waals surface area (Å²) < 4.78 is 1.02.